The van der Waals surface area contributed by atoms with E-state index in [2.05, 4.69) is 15.5 Å². The van der Waals surface area contributed by atoms with Crippen LogP contribution in [0.5, 0.6) is 0 Å². The molecule has 1 N–H and O–H groups in total. The number of amides is 1. The molecular weight excluding hydrogens is 368 g/mol. The number of nitrogens with one attached hydrogen (secondary N) is 1. The molecule has 0 radical (unpaired) electrons. The Labute approximate surface area is 160 Å². The van der Waals surface area contributed by atoms with Crippen molar-refractivity contribution in [1.29, 1.82) is 0 Å². The highest BCUT2D eigenvalue weighted by Gasteiger charge is 2.21. The molecule has 1 aromatic carbocycles. The van der Waals surface area contributed by atoms with Gasteiger partial charge in [-0.05, 0) is 43.8 Å². The summed E-state index contributed by atoms with van der Waals surface area (Å²) in [5, 5.41) is 13.1. The molecule has 0 unspecified atom stereocenters. The molecule has 0 bridgehead atoms. The first kappa shape index (κ1) is 18.6. The SMILES string of the molecule is CSc1ccccc1NC(=O)CN(C)[C@@H](C)c1nnc(-c2cccs2)o1. The molecule has 0 aliphatic carbocycles. The minimum Gasteiger partial charge on any atom is -0.418 e. The number of anilines is 1. The van der Waals surface area contributed by atoms with Gasteiger partial charge in [-0.15, -0.1) is 33.3 Å². The Kier molecular flexibility index (Phi) is 6.08. The van der Waals surface area contributed by atoms with E-state index >= 15 is 0 Å². The first-order chi connectivity index (χ1) is 12.6. The fourth-order valence-corrected chi connectivity index (χ4v) is 3.59. The van der Waals surface area contributed by atoms with Crippen molar-refractivity contribution in [3.8, 4) is 10.8 Å². The summed E-state index contributed by atoms with van der Waals surface area (Å²) < 4.78 is 5.76. The number of rotatable bonds is 7. The van der Waals surface area contributed by atoms with E-state index in [1.54, 1.807) is 23.1 Å². The highest BCUT2D eigenvalue weighted by Crippen LogP contribution is 2.27. The summed E-state index contributed by atoms with van der Waals surface area (Å²) in [7, 11) is 1.86. The van der Waals surface area contributed by atoms with Gasteiger partial charge in [0.1, 0.15) is 0 Å². The van der Waals surface area contributed by atoms with E-state index in [1.165, 1.54) is 0 Å². The monoisotopic (exact) mass is 388 g/mol. The summed E-state index contributed by atoms with van der Waals surface area (Å²) in [6.45, 7) is 2.16. The van der Waals surface area contributed by atoms with Crippen molar-refractivity contribution < 1.29 is 9.21 Å². The van der Waals surface area contributed by atoms with Crippen LogP contribution in [0.4, 0.5) is 5.69 Å². The first-order valence-electron chi connectivity index (χ1n) is 8.09. The lowest BCUT2D eigenvalue weighted by molar-refractivity contribution is -0.117. The Morgan fingerprint density at radius 1 is 1.31 bits per heavy atom. The molecule has 0 saturated heterocycles. The molecule has 8 heteroatoms. The van der Waals surface area contributed by atoms with Crippen LogP contribution in [-0.2, 0) is 4.79 Å². The fraction of sp³-hybridized carbons (Fsp3) is 0.278. The van der Waals surface area contributed by atoms with Gasteiger partial charge < -0.3 is 9.73 Å². The molecule has 0 aliphatic heterocycles. The van der Waals surface area contributed by atoms with Gasteiger partial charge in [0.2, 0.25) is 11.8 Å². The van der Waals surface area contributed by atoms with E-state index in [0.717, 1.165) is 15.5 Å². The largest absolute Gasteiger partial charge is 0.418 e. The highest BCUT2D eigenvalue weighted by molar-refractivity contribution is 7.98. The van der Waals surface area contributed by atoms with E-state index in [1.807, 2.05) is 66.9 Å². The van der Waals surface area contributed by atoms with Gasteiger partial charge in [0, 0.05) is 4.90 Å². The van der Waals surface area contributed by atoms with E-state index in [9.17, 15) is 4.79 Å². The van der Waals surface area contributed by atoms with Crippen molar-refractivity contribution in [2.24, 2.45) is 0 Å². The number of nitrogens with zero attached hydrogens (tertiary/aromatic N) is 3. The number of carbonyl (C=O) groups excluding carboxylic acids is 1. The third kappa shape index (κ3) is 4.32. The number of likely N-dealkylation sites (N-methyl/N-ethyl adjacent to an activating group) is 1. The molecule has 0 saturated carbocycles. The van der Waals surface area contributed by atoms with Crippen LogP contribution in [0, 0.1) is 0 Å². The maximum atomic E-state index is 12.4. The second kappa shape index (κ2) is 8.48. The quantitative estimate of drug-likeness (QED) is 0.613. The molecule has 1 atom stereocenters. The number of aromatic nitrogens is 2. The highest BCUT2D eigenvalue weighted by atomic mass is 32.2. The van der Waals surface area contributed by atoms with Crippen LogP contribution in [0.1, 0.15) is 18.9 Å². The maximum Gasteiger partial charge on any atom is 0.257 e. The molecule has 1 amide bonds. The van der Waals surface area contributed by atoms with Gasteiger partial charge in [0.15, 0.2) is 0 Å². The summed E-state index contributed by atoms with van der Waals surface area (Å²) in [5.41, 5.74) is 0.823. The van der Waals surface area contributed by atoms with Crippen molar-refractivity contribution in [3.63, 3.8) is 0 Å². The van der Waals surface area contributed by atoms with Gasteiger partial charge >= 0.3 is 0 Å². The Morgan fingerprint density at radius 2 is 2.12 bits per heavy atom. The molecule has 6 nitrogen and oxygen atoms in total. The van der Waals surface area contributed by atoms with Gasteiger partial charge in [-0.25, -0.2) is 0 Å². The zero-order chi connectivity index (χ0) is 18.5. The molecule has 26 heavy (non-hydrogen) atoms. The summed E-state index contributed by atoms with van der Waals surface area (Å²) in [6, 6.07) is 11.5. The van der Waals surface area contributed by atoms with Crippen LogP contribution in [0.3, 0.4) is 0 Å². The minimum atomic E-state index is -0.169. The lowest BCUT2D eigenvalue weighted by Gasteiger charge is -2.21. The van der Waals surface area contributed by atoms with Crippen LogP contribution in [-0.4, -0.2) is 40.9 Å². The van der Waals surface area contributed by atoms with Gasteiger partial charge in [0.05, 0.1) is 23.2 Å². The summed E-state index contributed by atoms with van der Waals surface area (Å²) in [6.07, 6.45) is 1.99. The molecule has 2 heterocycles. The maximum absolute atomic E-state index is 12.4. The Hall–Kier alpha value is -2.16. The van der Waals surface area contributed by atoms with Crippen molar-refractivity contribution in [2.45, 2.75) is 17.9 Å². The lowest BCUT2D eigenvalue weighted by atomic mass is 10.3. The Bertz CT molecular complexity index is 864. The van der Waals surface area contributed by atoms with Gasteiger partial charge in [-0.1, -0.05) is 18.2 Å². The fourth-order valence-electron chi connectivity index (χ4n) is 2.39. The number of thiophene rings is 1. The Balaban J connectivity index is 1.62. The van der Waals surface area contributed by atoms with Crippen LogP contribution in [0.15, 0.2) is 51.1 Å². The third-order valence-corrected chi connectivity index (χ3v) is 5.62. The number of hydrogen-bond acceptors (Lipinski definition) is 7. The van der Waals surface area contributed by atoms with Crippen molar-refractivity contribution >= 4 is 34.7 Å². The lowest BCUT2D eigenvalue weighted by Crippen LogP contribution is -2.32. The zero-order valence-electron chi connectivity index (χ0n) is 14.8. The molecule has 2 aromatic heterocycles. The van der Waals surface area contributed by atoms with Crippen molar-refractivity contribution in [2.75, 3.05) is 25.2 Å². The first-order valence-corrected chi connectivity index (χ1v) is 10.2. The minimum absolute atomic E-state index is 0.0844. The second-order valence-electron chi connectivity index (χ2n) is 5.76. The smallest absolute Gasteiger partial charge is 0.257 e. The zero-order valence-corrected chi connectivity index (χ0v) is 16.4. The Morgan fingerprint density at radius 3 is 2.85 bits per heavy atom. The van der Waals surface area contributed by atoms with E-state index < -0.39 is 0 Å². The van der Waals surface area contributed by atoms with Crippen molar-refractivity contribution in [3.05, 3.63) is 47.7 Å². The molecule has 3 rings (SSSR count). The molecule has 3 aromatic rings. The molecule has 0 fully saturated rings. The average Bonchev–Trinajstić information content (AvgIpc) is 3.32. The predicted molar refractivity (Wildman–Crippen MR) is 106 cm³/mol. The van der Waals surface area contributed by atoms with Gasteiger partial charge in [-0.3, -0.25) is 9.69 Å². The summed E-state index contributed by atoms with van der Waals surface area (Å²) in [4.78, 5) is 16.2. The standard InChI is InChI=1S/C18H20N4O2S2/c1-12(17-20-21-18(24-17)15-9-6-10-26-15)22(2)11-16(23)19-13-7-4-5-8-14(13)25-3/h4-10,12H,11H2,1-3H3,(H,19,23)/t12-/m0/s1. The van der Waals surface area contributed by atoms with Crippen LogP contribution in [0.2, 0.25) is 0 Å². The second-order valence-corrected chi connectivity index (χ2v) is 7.56. The van der Waals surface area contributed by atoms with E-state index in [0.29, 0.717) is 11.8 Å². The number of benzene rings is 1. The summed E-state index contributed by atoms with van der Waals surface area (Å²) in [5.74, 6) is 0.917. The van der Waals surface area contributed by atoms with E-state index in [-0.39, 0.29) is 18.5 Å². The van der Waals surface area contributed by atoms with Crippen LogP contribution < -0.4 is 5.32 Å². The van der Waals surface area contributed by atoms with Crippen LogP contribution >= 0.6 is 23.1 Å². The molecule has 0 aliphatic rings. The number of para-hydroxylation sites is 1. The van der Waals surface area contributed by atoms with Crippen LogP contribution in [0.25, 0.3) is 10.8 Å². The summed E-state index contributed by atoms with van der Waals surface area (Å²) >= 11 is 3.15. The van der Waals surface area contributed by atoms with Gasteiger partial charge in [-0.2, -0.15) is 0 Å². The normalized spacial score (nSPS) is 12.3. The van der Waals surface area contributed by atoms with E-state index in [4.69, 9.17) is 4.42 Å². The number of thioether (sulfide) groups is 1. The molecular formula is C18H20N4O2S2. The predicted octanol–water partition coefficient (Wildman–Crippen LogP) is 4.15. The van der Waals surface area contributed by atoms with Crippen molar-refractivity contribution in [1.82, 2.24) is 15.1 Å². The number of hydrogen-bond donors (Lipinski definition) is 1. The number of carbonyl (C=O) groups is 1. The topological polar surface area (TPSA) is 71.3 Å². The molecule has 0 spiro atoms. The third-order valence-electron chi connectivity index (χ3n) is 3.97. The molecule has 136 valence electrons. The van der Waals surface area contributed by atoms with Gasteiger partial charge in [0.25, 0.3) is 5.89 Å². The average molecular weight is 389 g/mol.